The topological polar surface area (TPSA) is 32.3 Å². The van der Waals surface area contributed by atoms with Gasteiger partial charge in [0, 0.05) is 42.7 Å². The molecule has 0 radical (unpaired) electrons. The number of amides is 1. The molecule has 1 saturated carbocycles. The zero-order valence-electron chi connectivity index (χ0n) is 14.8. The highest BCUT2D eigenvalue weighted by atomic mass is 35.5. The summed E-state index contributed by atoms with van der Waals surface area (Å²) in [5.41, 5.74) is 0.573. The third-order valence-corrected chi connectivity index (χ3v) is 5.95. The molecule has 2 fully saturated rings. The average molecular weight is 367 g/mol. The minimum Gasteiger partial charge on any atom is -0.353 e. The van der Waals surface area contributed by atoms with E-state index in [-0.39, 0.29) is 17.8 Å². The van der Waals surface area contributed by atoms with Crippen molar-refractivity contribution in [1.82, 2.24) is 10.2 Å². The molecule has 0 aromatic heterocycles. The molecule has 1 amide bonds. The summed E-state index contributed by atoms with van der Waals surface area (Å²) in [5, 5.41) is 3.70. The van der Waals surface area contributed by atoms with Crippen LogP contribution in [0.1, 0.15) is 56.9 Å². The van der Waals surface area contributed by atoms with E-state index in [0.717, 1.165) is 25.9 Å². The summed E-state index contributed by atoms with van der Waals surface area (Å²) in [4.78, 5) is 14.5. The Morgan fingerprint density at radius 3 is 2.56 bits per heavy atom. The van der Waals surface area contributed by atoms with E-state index >= 15 is 0 Å². The third-order valence-electron chi connectivity index (χ3n) is 5.59. The van der Waals surface area contributed by atoms with Crippen LogP contribution in [0.5, 0.6) is 0 Å². The summed E-state index contributed by atoms with van der Waals surface area (Å²) in [6, 6.07) is 5.08. The minimum atomic E-state index is -0.240. The van der Waals surface area contributed by atoms with Gasteiger partial charge in [-0.1, -0.05) is 36.9 Å². The maximum atomic E-state index is 13.9. The van der Waals surface area contributed by atoms with Crippen molar-refractivity contribution in [2.45, 2.75) is 64.0 Å². The van der Waals surface area contributed by atoms with Gasteiger partial charge in [0.25, 0.3) is 0 Å². The number of nitrogens with one attached hydrogen (secondary N) is 1. The molecule has 1 aromatic rings. The number of halogens is 2. The van der Waals surface area contributed by atoms with Crippen molar-refractivity contribution in [2.24, 2.45) is 5.92 Å². The van der Waals surface area contributed by atoms with Gasteiger partial charge < -0.3 is 5.32 Å². The van der Waals surface area contributed by atoms with Crippen LogP contribution in [0.2, 0.25) is 5.02 Å². The molecule has 0 atom stereocenters. The van der Waals surface area contributed by atoms with Crippen LogP contribution in [-0.4, -0.2) is 29.9 Å². The third kappa shape index (κ3) is 5.42. The first-order chi connectivity index (χ1) is 12.1. The lowest BCUT2D eigenvalue weighted by atomic mass is 9.86. The van der Waals surface area contributed by atoms with Crippen molar-refractivity contribution in [3.63, 3.8) is 0 Å². The fraction of sp³-hybridized carbons (Fsp3) is 0.650. The van der Waals surface area contributed by atoms with E-state index in [9.17, 15) is 9.18 Å². The van der Waals surface area contributed by atoms with Crippen molar-refractivity contribution >= 4 is 17.5 Å². The van der Waals surface area contributed by atoms with E-state index in [0.29, 0.717) is 29.5 Å². The molecule has 25 heavy (non-hydrogen) atoms. The van der Waals surface area contributed by atoms with Crippen LogP contribution in [0, 0.1) is 11.7 Å². The molecule has 1 heterocycles. The second-order valence-electron chi connectivity index (χ2n) is 7.53. The smallest absolute Gasteiger partial charge is 0.220 e. The highest BCUT2D eigenvalue weighted by Crippen LogP contribution is 2.26. The number of hydrogen-bond acceptors (Lipinski definition) is 2. The normalized spacial score (nSPS) is 20.6. The Morgan fingerprint density at radius 2 is 1.88 bits per heavy atom. The van der Waals surface area contributed by atoms with E-state index in [1.807, 2.05) is 0 Å². The quantitative estimate of drug-likeness (QED) is 0.830. The van der Waals surface area contributed by atoms with E-state index in [1.54, 1.807) is 12.1 Å². The Hall–Kier alpha value is -1.13. The first-order valence-electron chi connectivity index (χ1n) is 9.56. The maximum absolute atomic E-state index is 13.9. The van der Waals surface area contributed by atoms with Gasteiger partial charge in [0.15, 0.2) is 0 Å². The summed E-state index contributed by atoms with van der Waals surface area (Å²) in [6.45, 7) is 2.26. The molecule has 1 aromatic carbocycles. The molecule has 0 spiro atoms. The second kappa shape index (κ2) is 9.00. The van der Waals surface area contributed by atoms with Gasteiger partial charge in [-0.3, -0.25) is 9.69 Å². The lowest BCUT2D eigenvalue weighted by Crippen LogP contribution is -2.44. The SMILES string of the molecule is O=C(CC1CCCCC1)NC1CCN(Cc2c(F)cccc2Cl)CC1. The molecule has 1 aliphatic carbocycles. The Balaban J connectivity index is 1.41. The zero-order valence-corrected chi connectivity index (χ0v) is 15.5. The molecule has 3 nitrogen and oxygen atoms in total. The van der Waals surface area contributed by atoms with Gasteiger partial charge >= 0.3 is 0 Å². The monoisotopic (exact) mass is 366 g/mol. The molecule has 138 valence electrons. The number of rotatable bonds is 5. The summed E-state index contributed by atoms with van der Waals surface area (Å²) in [5.74, 6) is 0.551. The summed E-state index contributed by atoms with van der Waals surface area (Å²) < 4.78 is 13.9. The van der Waals surface area contributed by atoms with Crippen LogP contribution in [-0.2, 0) is 11.3 Å². The van der Waals surface area contributed by atoms with Crippen molar-refractivity contribution in [1.29, 1.82) is 0 Å². The van der Waals surface area contributed by atoms with Crippen LogP contribution in [0.25, 0.3) is 0 Å². The number of benzene rings is 1. The van der Waals surface area contributed by atoms with Crippen LogP contribution >= 0.6 is 11.6 Å². The summed E-state index contributed by atoms with van der Waals surface area (Å²) in [6.07, 6.45) is 8.80. The molecular weight excluding hydrogens is 339 g/mol. The van der Waals surface area contributed by atoms with Crippen molar-refractivity contribution in [3.8, 4) is 0 Å². The summed E-state index contributed by atoms with van der Waals surface area (Å²) in [7, 11) is 0. The lowest BCUT2D eigenvalue weighted by molar-refractivity contribution is -0.123. The van der Waals surface area contributed by atoms with Gasteiger partial charge in [0.05, 0.1) is 0 Å². The Kier molecular flexibility index (Phi) is 6.71. The zero-order chi connectivity index (χ0) is 17.6. The van der Waals surface area contributed by atoms with Gasteiger partial charge in [0.1, 0.15) is 5.82 Å². The van der Waals surface area contributed by atoms with Gasteiger partial charge in [-0.25, -0.2) is 4.39 Å². The van der Waals surface area contributed by atoms with E-state index < -0.39 is 0 Å². The Bertz CT molecular complexity index is 561. The molecule has 0 unspecified atom stereocenters. The van der Waals surface area contributed by atoms with Crippen LogP contribution < -0.4 is 5.32 Å². The van der Waals surface area contributed by atoms with Gasteiger partial charge in [-0.05, 0) is 43.7 Å². The molecule has 1 N–H and O–H groups in total. The second-order valence-corrected chi connectivity index (χ2v) is 7.93. The van der Waals surface area contributed by atoms with Crippen molar-refractivity contribution < 1.29 is 9.18 Å². The molecule has 1 aliphatic heterocycles. The molecular formula is C20H28ClFN2O. The van der Waals surface area contributed by atoms with Gasteiger partial charge in [-0.15, -0.1) is 0 Å². The molecule has 2 aliphatic rings. The number of hydrogen-bond donors (Lipinski definition) is 1. The number of likely N-dealkylation sites (tertiary alicyclic amines) is 1. The number of nitrogens with zero attached hydrogens (tertiary/aromatic N) is 1. The number of carbonyl (C=O) groups is 1. The highest BCUT2D eigenvalue weighted by Gasteiger charge is 2.23. The average Bonchev–Trinajstić information content (AvgIpc) is 2.60. The molecule has 1 saturated heterocycles. The fourth-order valence-electron chi connectivity index (χ4n) is 4.08. The Morgan fingerprint density at radius 1 is 1.16 bits per heavy atom. The predicted molar refractivity (Wildman–Crippen MR) is 99.0 cm³/mol. The van der Waals surface area contributed by atoms with Gasteiger partial charge in [0.2, 0.25) is 5.91 Å². The first-order valence-corrected chi connectivity index (χ1v) is 9.94. The maximum Gasteiger partial charge on any atom is 0.220 e. The van der Waals surface area contributed by atoms with Crippen molar-refractivity contribution in [3.05, 3.63) is 34.6 Å². The largest absolute Gasteiger partial charge is 0.353 e. The molecule has 5 heteroatoms. The van der Waals surface area contributed by atoms with Crippen molar-refractivity contribution in [2.75, 3.05) is 13.1 Å². The standard InChI is InChI=1S/C20H28ClFN2O/c21-18-7-4-8-19(22)17(18)14-24-11-9-16(10-12-24)23-20(25)13-15-5-2-1-3-6-15/h4,7-8,15-16H,1-3,5-6,9-14H2,(H,23,25). The fourth-order valence-corrected chi connectivity index (χ4v) is 4.31. The van der Waals surface area contributed by atoms with Crippen LogP contribution in [0.15, 0.2) is 18.2 Å². The minimum absolute atomic E-state index is 0.211. The Labute approximate surface area is 154 Å². The lowest BCUT2D eigenvalue weighted by Gasteiger charge is -2.33. The number of carbonyl (C=O) groups excluding carboxylic acids is 1. The van der Waals surface area contributed by atoms with E-state index in [2.05, 4.69) is 10.2 Å². The first kappa shape index (κ1) is 18.7. The number of piperidine rings is 1. The molecule has 3 rings (SSSR count). The summed E-state index contributed by atoms with van der Waals surface area (Å²) >= 11 is 6.12. The van der Waals surface area contributed by atoms with Crippen LogP contribution in [0.3, 0.4) is 0 Å². The predicted octanol–water partition coefficient (Wildman–Crippen LogP) is 4.53. The van der Waals surface area contributed by atoms with Crippen LogP contribution in [0.4, 0.5) is 4.39 Å². The van der Waals surface area contributed by atoms with E-state index in [1.165, 1.54) is 38.2 Å². The van der Waals surface area contributed by atoms with E-state index in [4.69, 9.17) is 11.6 Å². The highest BCUT2D eigenvalue weighted by molar-refractivity contribution is 6.31. The molecule has 0 bridgehead atoms. The van der Waals surface area contributed by atoms with Gasteiger partial charge in [-0.2, -0.15) is 0 Å².